The molecule has 234 valence electrons. The third-order valence-electron chi connectivity index (χ3n) is 9.06. The number of carbonyl (C=O) groups excluding carboxylic acids is 1. The van der Waals surface area contributed by atoms with Crippen LogP contribution in [0.2, 0.25) is 0 Å². The number of carbonyl (C=O) groups is 1. The van der Waals surface area contributed by atoms with Gasteiger partial charge in [0.1, 0.15) is 0 Å². The molecule has 44 heavy (non-hydrogen) atoms. The molecule has 0 aromatic heterocycles. The van der Waals surface area contributed by atoms with Crippen LogP contribution in [0.5, 0.6) is 0 Å². The summed E-state index contributed by atoms with van der Waals surface area (Å²) in [6, 6.07) is 21.8. The molecule has 0 aliphatic carbocycles. The Labute approximate surface area is 252 Å². The van der Waals surface area contributed by atoms with Crippen molar-refractivity contribution in [3.8, 4) is 0 Å². The van der Waals surface area contributed by atoms with Gasteiger partial charge in [-0.1, -0.05) is 60.7 Å². The summed E-state index contributed by atoms with van der Waals surface area (Å²) in [5, 5.41) is 0. The molecule has 3 saturated heterocycles. The molecule has 3 aliphatic heterocycles. The molecule has 0 saturated carbocycles. The highest BCUT2D eigenvalue weighted by Gasteiger charge is 2.44. The van der Waals surface area contributed by atoms with Gasteiger partial charge in [0.2, 0.25) is 5.91 Å². The highest BCUT2D eigenvalue weighted by molar-refractivity contribution is 5.79. The molecule has 3 heterocycles. The quantitative estimate of drug-likeness (QED) is 0.302. The maximum atomic E-state index is 13.8. The minimum Gasteiger partial charge on any atom is -0.332 e. The monoisotopic (exact) mass is 616 g/mol. The fourth-order valence-electron chi connectivity index (χ4n) is 6.91. The van der Waals surface area contributed by atoms with Crippen molar-refractivity contribution in [3.63, 3.8) is 0 Å². The van der Waals surface area contributed by atoms with Crippen LogP contribution in [-0.4, -0.2) is 76.9 Å². The average molecular weight is 617 g/mol. The minimum absolute atomic E-state index is 0.0147. The van der Waals surface area contributed by atoms with Gasteiger partial charge in [-0.2, -0.15) is 26.3 Å². The molecule has 11 heteroatoms. The molecule has 0 radical (unpaired) electrons. The van der Waals surface area contributed by atoms with Crippen LogP contribution in [0.1, 0.15) is 40.3 Å². The number of hydrogen-bond donors (Lipinski definition) is 0. The van der Waals surface area contributed by atoms with E-state index in [1.807, 2.05) is 58.3 Å². The first-order valence-corrected chi connectivity index (χ1v) is 14.8. The van der Waals surface area contributed by atoms with E-state index in [2.05, 4.69) is 21.9 Å². The summed E-state index contributed by atoms with van der Waals surface area (Å²) in [5.41, 5.74) is -0.559. The second-order valence-electron chi connectivity index (χ2n) is 12.1. The van der Waals surface area contributed by atoms with Gasteiger partial charge in [0, 0.05) is 57.9 Å². The number of benzene rings is 3. The molecule has 2 bridgehead atoms. The summed E-state index contributed by atoms with van der Waals surface area (Å²) < 4.78 is 80.7. The molecular weight excluding hydrogens is 582 g/mol. The zero-order valence-electron chi connectivity index (χ0n) is 24.1. The second-order valence-corrected chi connectivity index (χ2v) is 12.1. The zero-order valence-corrected chi connectivity index (χ0v) is 24.1. The molecule has 5 nitrogen and oxygen atoms in total. The van der Waals surface area contributed by atoms with Crippen molar-refractivity contribution < 1.29 is 31.1 Å². The molecular formula is C33H34F6N4O. The Hall–Kier alpha value is -3.41. The standard InChI is InChI=1S/C33H34F6N4O/c34-32(35,36)26-13-24(14-27(15-26)33(37,38)39)17-40-11-12-43(30(21-40)25-9-5-2-6-10-25)31(44)22-42-20-28-16-29(42)19-41(28)18-23-7-3-1-4-8-23/h1-10,13-15,28-30H,11-12,16-22H2. The number of fused-ring (bicyclic) bond motifs is 2. The lowest BCUT2D eigenvalue weighted by molar-refractivity contribution is -0.143. The van der Waals surface area contributed by atoms with Crippen molar-refractivity contribution in [3.05, 3.63) is 107 Å². The van der Waals surface area contributed by atoms with E-state index < -0.39 is 23.5 Å². The number of halogens is 6. The average Bonchev–Trinajstić information content (AvgIpc) is 3.57. The molecule has 0 spiro atoms. The normalized spacial score (nSPS) is 23.4. The second kappa shape index (κ2) is 12.2. The summed E-state index contributed by atoms with van der Waals surface area (Å²) in [6.07, 6.45) is -8.78. The fourth-order valence-corrected chi connectivity index (χ4v) is 6.91. The van der Waals surface area contributed by atoms with E-state index in [0.29, 0.717) is 31.7 Å². The first kappa shape index (κ1) is 30.6. The molecule has 3 aromatic carbocycles. The van der Waals surface area contributed by atoms with E-state index in [0.717, 1.165) is 43.8 Å². The lowest BCUT2D eigenvalue weighted by atomic mass is 10.00. The van der Waals surface area contributed by atoms with Crippen molar-refractivity contribution >= 4 is 5.91 Å². The van der Waals surface area contributed by atoms with Crippen LogP contribution >= 0.6 is 0 Å². The van der Waals surface area contributed by atoms with Gasteiger partial charge < -0.3 is 4.90 Å². The van der Waals surface area contributed by atoms with E-state index >= 15 is 0 Å². The Morgan fingerprint density at radius 2 is 1.27 bits per heavy atom. The van der Waals surface area contributed by atoms with Gasteiger partial charge in [-0.05, 0) is 41.3 Å². The third-order valence-corrected chi connectivity index (χ3v) is 9.06. The summed E-state index contributed by atoms with van der Waals surface area (Å²) in [5.74, 6) is -0.0147. The summed E-state index contributed by atoms with van der Waals surface area (Å²) in [6.45, 7) is 3.76. The van der Waals surface area contributed by atoms with Gasteiger partial charge in [0.25, 0.3) is 0 Å². The highest BCUT2D eigenvalue weighted by atomic mass is 19.4. The van der Waals surface area contributed by atoms with Gasteiger partial charge in [-0.15, -0.1) is 0 Å². The molecule has 3 unspecified atom stereocenters. The van der Waals surface area contributed by atoms with Crippen molar-refractivity contribution in [2.24, 2.45) is 0 Å². The van der Waals surface area contributed by atoms with Crippen LogP contribution in [0.15, 0.2) is 78.9 Å². The Kier molecular flexibility index (Phi) is 8.47. The van der Waals surface area contributed by atoms with E-state index in [9.17, 15) is 31.1 Å². The van der Waals surface area contributed by atoms with Crippen LogP contribution in [0.25, 0.3) is 0 Å². The molecule has 3 fully saturated rings. The van der Waals surface area contributed by atoms with Crippen LogP contribution in [0.4, 0.5) is 26.3 Å². The maximum absolute atomic E-state index is 13.8. The van der Waals surface area contributed by atoms with Gasteiger partial charge in [-0.3, -0.25) is 19.5 Å². The van der Waals surface area contributed by atoms with Crippen LogP contribution in [0, 0.1) is 0 Å². The van der Waals surface area contributed by atoms with Gasteiger partial charge in [-0.25, -0.2) is 0 Å². The lowest BCUT2D eigenvalue weighted by Crippen LogP contribution is -2.54. The topological polar surface area (TPSA) is 30.0 Å². The molecule has 3 atom stereocenters. The van der Waals surface area contributed by atoms with E-state index in [-0.39, 0.29) is 36.7 Å². The van der Waals surface area contributed by atoms with Crippen molar-refractivity contribution in [2.75, 3.05) is 39.3 Å². The van der Waals surface area contributed by atoms with E-state index in [4.69, 9.17) is 0 Å². The minimum atomic E-state index is -4.90. The Morgan fingerprint density at radius 1 is 0.682 bits per heavy atom. The van der Waals surface area contributed by atoms with Crippen molar-refractivity contribution in [2.45, 2.75) is 50.0 Å². The summed E-state index contributed by atoms with van der Waals surface area (Å²) >= 11 is 0. The predicted octanol–water partition coefficient (Wildman–Crippen LogP) is 6.07. The number of amides is 1. The number of nitrogens with zero attached hydrogens (tertiary/aromatic N) is 4. The number of likely N-dealkylation sites (tertiary alicyclic amines) is 2. The van der Waals surface area contributed by atoms with Crippen LogP contribution in [-0.2, 0) is 30.2 Å². The Bertz CT molecular complexity index is 1420. The Morgan fingerprint density at radius 3 is 1.86 bits per heavy atom. The van der Waals surface area contributed by atoms with Crippen LogP contribution in [0.3, 0.4) is 0 Å². The smallest absolute Gasteiger partial charge is 0.332 e. The number of alkyl halides is 6. The first-order valence-electron chi connectivity index (χ1n) is 14.8. The first-order chi connectivity index (χ1) is 20.9. The SMILES string of the molecule is O=C(CN1CC2CC1CN2Cc1ccccc1)N1CCN(Cc2cc(C(F)(F)F)cc(C(F)(F)F)c2)CC1c1ccccc1. The predicted molar refractivity (Wildman–Crippen MR) is 153 cm³/mol. The fraction of sp³-hybridized carbons (Fsp3) is 0.424. The van der Waals surface area contributed by atoms with Crippen molar-refractivity contribution in [1.29, 1.82) is 0 Å². The van der Waals surface area contributed by atoms with Crippen molar-refractivity contribution in [1.82, 2.24) is 19.6 Å². The third kappa shape index (κ3) is 6.79. The summed E-state index contributed by atoms with van der Waals surface area (Å²) in [4.78, 5) is 22.2. The van der Waals surface area contributed by atoms with Gasteiger partial charge in [0.15, 0.2) is 0 Å². The summed E-state index contributed by atoms with van der Waals surface area (Å²) in [7, 11) is 0. The molecule has 3 aliphatic rings. The van der Waals surface area contributed by atoms with E-state index in [1.54, 1.807) is 0 Å². The lowest BCUT2D eigenvalue weighted by Gasteiger charge is -2.43. The number of piperazine rings is 2. The molecule has 3 aromatic rings. The maximum Gasteiger partial charge on any atom is 0.416 e. The number of rotatable bonds is 7. The van der Waals surface area contributed by atoms with Gasteiger partial charge in [0.05, 0.1) is 23.7 Å². The zero-order chi connectivity index (χ0) is 31.1. The molecule has 6 rings (SSSR count). The highest BCUT2D eigenvalue weighted by Crippen LogP contribution is 2.37. The van der Waals surface area contributed by atoms with E-state index in [1.165, 1.54) is 5.56 Å². The van der Waals surface area contributed by atoms with Crippen LogP contribution < -0.4 is 0 Å². The molecule has 1 amide bonds. The molecule has 0 N–H and O–H groups in total. The largest absolute Gasteiger partial charge is 0.416 e. The Balaban J connectivity index is 1.14. The van der Waals surface area contributed by atoms with Gasteiger partial charge >= 0.3 is 12.4 Å². The number of hydrogen-bond acceptors (Lipinski definition) is 4.